The molecule has 0 unspecified atom stereocenters. The second-order valence-electron chi connectivity index (χ2n) is 5.29. The Morgan fingerprint density at radius 1 is 1.18 bits per heavy atom. The third-order valence-electron chi connectivity index (χ3n) is 3.55. The van der Waals surface area contributed by atoms with Crippen LogP contribution in [0.4, 0.5) is 11.4 Å². The maximum atomic E-state index is 12.4. The van der Waals surface area contributed by atoms with E-state index in [1.165, 1.54) is 0 Å². The Bertz CT molecular complexity index is 670. The Balaban J connectivity index is 2.05. The highest BCUT2D eigenvalue weighted by Crippen LogP contribution is 2.20. The smallest absolute Gasteiger partial charge is 0.246 e. The zero-order chi connectivity index (χ0) is 16.1. The lowest BCUT2D eigenvalue weighted by Crippen LogP contribution is -2.35. The summed E-state index contributed by atoms with van der Waals surface area (Å²) >= 11 is 6.10. The molecule has 0 bridgehead atoms. The number of aryl methyl sites for hydroxylation is 2. The summed E-state index contributed by atoms with van der Waals surface area (Å²) in [5, 5.41) is 3.83. The topological polar surface area (TPSA) is 32.3 Å². The van der Waals surface area contributed by atoms with Crippen molar-refractivity contribution in [1.82, 2.24) is 0 Å². The van der Waals surface area contributed by atoms with Gasteiger partial charge >= 0.3 is 0 Å². The minimum atomic E-state index is 0.0322. The monoisotopic (exact) mass is 316 g/mol. The molecule has 2 rings (SSSR count). The van der Waals surface area contributed by atoms with Crippen molar-refractivity contribution in [3.8, 4) is 0 Å². The second-order valence-corrected chi connectivity index (χ2v) is 5.70. The van der Waals surface area contributed by atoms with Crippen LogP contribution in [0.15, 0.2) is 42.5 Å². The van der Waals surface area contributed by atoms with Crippen molar-refractivity contribution in [2.24, 2.45) is 0 Å². The number of rotatable bonds is 5. The lowest BCUT2D eigenvalue weighted by atomic mass is 10.2. The molecule has 0 aliphatic carbocycles. The second kappa shape index (κ2) is 7.32. The number of carbonyl (C=O) groups excluding carboxylic acids is 1. The van der Waals surface area contributed by atoms with Gasteiger partial charge in [-0.05, 0) is 56.2 Å². The number of nitrogens with one attached hydrogen (secondary N) is 1. The van der Waals surface area contributed by atoms with Crippen molar-refractivity contribution in [2.75, 3.05) is 23.3 Å². The van der Waals surface area contributed by atoms with Gasteiger partial charge in [-0.2, -0.15) is 0 Å². The van der Waals surface area contributed by atoms with Gasteiger partial charge in [0.25, 0.3) is 0 Å². The van der Waals surface area contributed by atoms with Gasteiger partial charge in [0.1, 0.15) is 0 Å². The molecule has 2 aromatic rings. The van der Waals surface area contributed by atoms with E-state index in [1.807, 2.05) is 63.2 Å². The summed E-state index contributed by atoms with van der Waals surface area (Å²) in [5.74, 6) is 0.0322. The van der Waals surface area contributed by atoms with Crippen molar-refractivity contribution in [2.45, 2.75) is 20.8 Å². The Morgan fingerprint density at radius 3 is 2.59 bits per heavy atom. The van der Waals surface area contributed by atoms with Gasteiger partial charge in [0.15, 0.2) is 0 Å². The minimum absolute atomic E-state index is 0.0322. The number of carbonyl (C=O) groups is 1. The quantitative estimate of drug-likeness (QED) is 0.885. The van der Waals surface area contributed by atoms with E-state index in [-0.39, 0.29) is 12.5 Å². The molecule has 22 heavy (non-hydrogen) atoms. The highest BCUT2D eigenvalue weighted by molar-refractivity contribution is 6.31. The van der Waals surface area contributed by atoms with Crippen LogP contribution in [0.2, 0.25) is 5.02 Å². The molecule has 0 aliphatic rings. The summed E-state index contributed by atoms with van der Waals surface area (Å²) in [5.41, 5.74) is 3.94. The third-order valence-corrected chi connectivity index (χ3v) is 3.95. The van der Waals surface area contributed by atoms with Crippen LogP contribution in [0.3, 0.4) is 0 Å². The van der Waals surface area contributed by atoms with Crippen molar-refractivity contribution in [1.29, 1.82) is 0 Å². The van der Waals surface area contributed by atoms with E-state index >= 15 is 0 Å². The normalized spacial score (nSPS) is 10.4. The summed E-state index contributed by atoms with van der Waals surface area (Å²) in [6.45, 7) is 6.82. The van der Waals surface area contributed by atoms with Crippen LogP contribution < -0.4 is 10.2 Å². The number of hydrogen-bond acceptors (Lipinski definition) is 2. The number of benzene rings is 2. The number of amides is 1. The summed E-state index contributed by atoms with van der Waals surface area (Å²) in [6.07, 6.45) is 0. The van der Waals surface area contributed by atoms with Crippen molar-refractivity contribution < 1.29 is 4.79 Å². The number of halogens is 1. The van der Waals surface area contributed by atoms with E-state index in [0.29, 0.717) is 11.6 Å². The number of anilines is 2. The zero-order valence-corrected chi connectivity index (χ0v) is 13.9. The maximum absolute atomic E-state index is 12.4. The van der Waals surface area contributed by atoms with E-state index in [0.717, 1.165) is 22.5 Å². The van der Waals surface area contributed by atoms with Crippen molar-refractivity contribution in [3.05, 3.63) is 58.6 Å². The van der Waals surface area contributed by atoms with Crippen LogP contribution in [0.1, 0.15) is 18.1 Å². The summed E-state index contributed by atoms with van der Waals surface area (Å²) in [4.78, 5) is 14.2. The van der Waals surface area contributed by atoms with E-state index in [9.17, 15) is 4.79 Å². The Hall–Kier alpha value is -2.00. The highest BCUT2D eigenvalue weighted by atomic mass is 35.5. The predicted molar refractivity (Wildman–Crippen MR) is 93.9 cm³/mol. The predicted octanol–water partition coefficient (Wildman–Crippen LogP) is 4.42. The average molecular weight is 317 g/mol. The molecular weight excluding hydrogens is 296 g/mol. The van der Waals surface area contributed by atoms with Gasteiger partial charge in [-0.3, -0.25) is 4.79 Å². The Labute approximate surface area is 136 Å². The van der Waals surface area contributed by atoms with Gasteiger partial charge in [-0.1, -0.05) is 29.8 Å². The Morgan fingerprint density at radius 2 is 1.95 bits per heavy atom. The number of likely N-dealkylation sites (N-methyl/N-ethyl adjacent to an activating group) is 1. The lowest BCUT2D eigenvalue weighted by molar-refractivity contribution is -0.116. The van der Waals surface area contributed by atoms with E-state index in [1.54, 1.807) is 4.90 Å². The van der Waals surface area contributed by atoms with E-state index in [2.05, 4.69) is 5.32 Å². The first-order valence-corrected chi connectivity index (χ1v) is 7.76. The molecule has 0 atom stereocenters. The van der Waals surface area contributed by atoms with Crippen LogP contribution in [0, 0.1) is 13.8 Å². The van der Waals surface area contributed by atoms with Crippen LogP contribution in [0.5, 0.6) is 0 Å². The van der Waals surface area contributed by atoms with E-state index < -0.39 is 0 Å². The van der Waals surface area contributed by atoms with Gasteiger partial charge in [0.2, 0.25) is 5.91 Å². The first-order valence-electron chi connectivity index (χ1n) is 7.38. The fraction of sp³-hybridized carbons (Fsp3) is 0.278. The maximum Gasteiger partial charge on any atom is 0.246 e. The first kappa shape index (κ1) is 16.4. The summed E-state index contributed by atoms with van der Waals surface area (Å²) < 4.78 is 0. The minimum Gasteiger partial charge on any atom is -0.376 e. The van der Waals surface area contributed by atoms with Gasteiger partial charge in [0.05, 0.1) is 6.54 Å². The molecule has 1 amide bonds. The highest BCUT2D eigenvalue weighted by Gasteiger charge is 2.13. The van der Waals surface area contributed by atoms with Crippen molar-refractivity contribution in [3.63, 3.8) is 0 Å². The molecule has 2 aromatic carbocycles. The largest absolute Gasteiger partial charge is 0.376 e. The van der Waals surface area contributed by atoms with Crippen LogP contribution in [-0.2, 0) is 4.79 Å². The third kappa shape index (κ3) is 4.01. The fourth-order valence-electron chi connectivity index (χ4n) is 2.27. The molecule has 0 saturated heterocycles. The van der Waals surface area contributed by atoms with Gasteiger partial charge in [-0.25, -0.2) is 0 Å². The Kier molecular flexibility index (Phi) is 5.45. The molecule has 0 heterocycles. The molecule has 0 aromatic heterocycles. The molecule has 0 aliphatic heterocycles. The molecule has 3 nitrogen and oxygen atoms in total. The molecule has 0 saturated carbocycles. The zero-order valence-electron chi connectivity index (χ0n) is 13.2. The number of nitrogens with zero attached hydrogens (tertiary/aromatic N) is 1. The molecule has 0 fully saturated rings. The van der Waals surface area contributed by atoms with Crippen LogP contribution in [-0.4, -0.2) is 19.0 Å². The van der Waals surface area contributed by atoms with Crippen LogP contribution >= 0.6 is 11.6 Å². The van der Waals surface area contributed by atoms with Crippen LogP contribution in [0.25, 0.3) is 0 Å². The molecule has 0 spiro atoms. The van der Waals surface area contributed by atoms with Gasteiger partial charge in [-0.15, -0.1) is 0 Å². The van der Waals surface area contributed by atoms with E-state index in [4.69, 9.17) is 11.6 Å². The average Bonchev–Trinajstić information content (AvgIpc) is 2.49. The van der Waals surface area contributed by atoms with Gasteiger partial charge in [0, 0.05) is 22.9 Å². The summed E-state index contributed by atoms with van der Waals surface area (Å²) in [6, 6.07) is 13.7. The number of hydrogen-bond donors (Lipinski definition) is 1. The molecule has 4 heteroatoms. The fourth-order valence-corrected chi connectivity index (χ4v) is 2.46. The standard InChI is InChI=1S/C18H21ClN2O/c1-4-21(16-7-5-6-13(2)10-16)18(22)12-20-15-9-8-14(3)17(19)11-15/h5-11,20H,4,12H2,1-3H3. The van der Waals surface area contributed by atoms with Crippen molar-refractivity contribution >= 4 is 28.9 Å². The lowest BCUT2D eigenvalue weighted by Gasteiger charge is -2.22. The first-order chi connectivity index (χ1) is 10.5. The summed E-state index contributed by atoms with van der Waals surface area (Å²) in [7, 11) is 0. The SMILES string of the molecule is CCN(C(=O)CNc1ccc(C)c(Cl)c1)c1cccc(C)c1. The molecule has 0 radical (unpaired) electrons. The molecule has 1 N–H and O–H groups in total. The molecular formula is C18H21ClN2O. The van der Waals surface area contributed by atoms with Gasteiger partial charge < -0.3 is 10.2 Å². The molecule has 116 valence electrons.